The fourth-order valence-electron chi connectivity index (χ4n) is 2.61. The number of amides is 1. The van der Waals surface area contributed by atoms with Gasteiger partial charge in [-0.2, -0.15) is 0 Å². The van der Waals surface area contributed by atoms with Crippen molar-refractivity contribution in [2.75, 3.05) is 18.2 Å². The summed E-state index contributed by atoms with van der Waals surface area (Å²) in [5.74, 6) is -1.14. The molecule has 0 radical (unpaired) electrons. The minimum absolute atomic E-state index is 0.108. The summed E-state index contributed by atoms with van der Waals surface area (Å²) in [5, 5.41) is 2.75. The Balaban J connectivity index is 1.98. The van der Waals surface area contributed by atoms with Crippen LogP contribution in [0.2, 0.25) is 0 Å². The van der Waals surface area contributed by atoms with Gasteiger partial charge in [0, 0.05) is 11.9 Å². The van der Waals surface area contributed by atoms with Gasteiger partial charge in [0.15, 0.2) is 16.4 Å². The van der Waals surface area contributed by atoms with E-state index >= 15 is 0 Å². The minimum Gasteiger partial charge on any atom is -0.452 e. The van der Waals surface area contributed by atoms with Crippen LogP contribution in [0, 0.1) is 20.8 Å². The van der Waals surface area contributed by atoms with Gasteiger partial charge in [-0.3, -0.25) is 4.79 Å². The Morgan fingerprint density at radius 1 is 1.00 bits per heavy atom. The topological polar surface area (TPSA) is 89.5 Å². The van der Waals surface area contributed by atoms with E-state index in [1.165, 1.54) is 24.3 Å². The molecule has 2 aromatic rings. The van der Waals surface area contributed by atoms with Gasteiger partial charge in [-0.05, 0) is 56.2 Å². The normalized spacial score (nSPS) is 11.1. The van der Waals surface area contributed by atoms with Crippen molar-refractivity contribution >= 4 is 27.4 Å². The van der Waals surface area contributed by atoms with E-state index < -0.39 is 28.3 Å². The lowest BCUT2D eigenvalue weighted by atomic mass is 10.1. The number of ether oxygens (including phenoxy) is 1. The van der Waals surface area contributed by atoms with E-state index in [2.05, 4.69) is 5.32 Å². The Morgan fingerprint density at radius 3 is 2.04 bits per heavy atom. The first kappa shape index (κ1) is 19.7. The van der Waals surface area contributed by atoms with E-state index in [0.717, 1.165) is 22.9 Å². The Bertz CT molecular complexity index is 923. The lowest BCUT2D eigenvalue weighted by Gasteiger charge is -2.13. The van der Waals surface area contributed by atoms with E-state index in [9.17, 15) is 18.0 Å². The Kier molecular flexibility index (Phi) is 5.82. The summed E-state index contributed by atoms with van der Waals surface area (Å²) >= 11 is 0. The third kappa shape index (κ3) is 4.92. The van der Waals surface area contributed by atoms with Crippen molar-refractivity contribution in [3.8, 4) is 0 Å². The molecule has 0 saturated carbocycles. The molecule has 1 N–H and O–H groups in total. The molecule has 26 heavy (non-hydrogen) atoms. The van der Waals surface area contributed by atoms with Crippen LogP contribution >= 0.6 is 0 Å². The molecule has 6 nitrogen and oxygen atoms in total. The van der Waals surface area contributed by atoms with Gasteiger partial charge in [-0.15, -0.1) is 0 Å². The molecule has 0 aromatic heterocycles. The van der Waals surface area contributed by atoms with E-state index in [0.29, 0.717) is 5.69 Å². The predicted molar refractivity (Wildman–Crippen MR) is 99.1 cm³/mol. The number of esters is 1. The van der Waals surface area contributed by atoms with E-state index in [1.807, 2.05) is 32.9 Å². The summed E-state index contributed by atoms with van der Waals surface area (Å²) in [6.45, 7) is 5.33. The average molecular weight is 375 g/mol. The zero-order valence-electron chi connectivity index (χ0n) is 15.1. The average Bonchev–Trinajstić information content (AvgIpc) is 2.55. The first-order valence-electron chi connectivity index (χ1n) is 7.93. The fraction of sp³-hybridized carbons (Fsp3) is 0.263. The van der Waals surface area contributed by atoms with Gasteiger partial charge in [-0.1, -0.05) is 17.7 Å². The quantitative estimate of drug-likeness (QED) is 0.812. The molecule has 0 aliphatic rings. The summed E-state index contributed by atoms with van der Waals surface area (Å²) in [4.78, 5) is 24.2. The lowest BCUT2D eigenvalue weighted by molar-refractivity contribution is -0.119. The number of carbonyl (C=O) groups excluding carboxylic acids is 2. The number of sulfone groups is 1. The number of anilines is 1. The molecule has 0 atom stereocenters. The molecule has 0 unspecified atom stereocenters. The summed E-state index contributed by atoms with van der Waals surface area (Å²) in [6.07, 6.45) is 1.08. The minimum atomic E-state index is -3.33. The number of aryl methyl sites for hydroxylation is 3. The number of hydrogen-bond donors (Lipinski definition) is 1. The molecule has 0 spiro atoms. The third-order valence-corrected chi connectivity index (χ3v) is 4.92. The van der Waals surface area contributed by atoms with Crippen LogP contribution in [0.5, 0.6) is 0 Å². The van der Waals surface area contributed by atoms with Crippen LogP contribution in [-0.2, 0) is 19.4 Å². The van der Waals surface area contributed by atoms with Gasteiger partial charge in [0.1, 0.15) is 0 Å². The highest BCUT2D eigenvalue weighted by Crippen LogP contribution is 2.21. The van der Waals surface area contributed by atoms with E-state index in [1.54, 1.807) is 0 Å². The Hall–Kier alpha value is -2.67. The van der Waals surface area contributed by atoms with Crippen molar-refractivity contribution < 1.29 is 22.7 Å². The Morgan fingerprint density at radius 2 is 1.54 bits per heavy atom. The molecule has 0 fully saturated rings. The smallest absolute Gasteiger partial charge is 0.338 e. The van der Waals surface area contributed by atoms with E-state index in [4.69, 9.17) is 4.74 Å². The molecule has 2 aromatic carbocycles. The summed E-state index contributed by atoms with van der Waals surface area (Å²) in [7, 11) is -3.33. The van der Waals surface area contributed by atoms with Crippen molar-refractivity contribution in [2.45, 2.75) is 25.7 Å². The molecule has 138 valence electrons. The molecule has 0 aliphatic heterocycles. The SMILES string of the molecule is Cc1cc(C)c(NC(=O)COC(=O)c2ccc(S(C)(=O)=O)cc2)c(C)c1. The standard InChI is InChI=1S/C19H21NO5S/c1-12-9-13(2)18(14(3)10-12)20-17(21)11-25-19(22)15-5-7-16(8-6-15)26(4,23)24/h5-10H,11H2,1-4H3,(H,20,21). The van der Waals surface area contributed by atoms with Crippen LogP contribution in [-0.4, -0.2) is 33.2 Å². The van der Waals surface area contributed by atoms with Crippen LogP contribution in [0.3, 0.4) is 0 Å². The third-order valence-electron chi connectivity index (χ3n) is 3.79. The van der Waals surface area contributed by atoms with E-state index in [-0.39, 0.29) is 10.5 Å². The first-order valence-corrected chi connectivity index (χ1v) is 9.82. The van der Waals surface area contributed by atoms with Gasteiger partial charge in [-0.25, -0.2) is 13.2 Å². The molecule has 2 rings (SSSR count). The molecule has 7 heteroatoms. The molecule has 0 aliphatic carbocycles. The van der Waals surface area contributed by atoms with Crippen LogP contribution in [0.25, 0.3) is 0 Å². The molecule has 0 heterocycles. The summed E-state index contributed by atoms with van der Waals surface area (Å²) in [6, 6.07) is 9.27. The number of hydrogen-bond acceptors (Lipinski definition) is 5. The van der Waals surface area contributed by atoms with Crippen molar-refractivity contribution in [1.29, 1.82) is 0 Å². The molecular formula is C19H21NO5S. The molecule has 1 amide bonds. The maximum absolute atomic E-state index is 12.1. The fourth-order valence-corrected chi connectivity index (χ4v) is 3.24. The van der Waals surface area contributed by atoms with Gasteiger partial charge in [0.2, 0.25) is 0 Å². The molecule has 0 bridgehead atoms. The predicted octanol–water partition coefficient (Wildman–Crippen LogP) is 2.81. The maximum atomic E-state index is 12.1. The number of nitrogens with one attached hydrogen (secondary N) is 1. The summed E-state index contributed by atoms with van der Waals surface area (Å²) < 4.78 is 27.8. The van der Waals surface area contributed by atoms with Crippen LogP contribution in [0.1, 0.15) is 27.0 Å². The van der Waals surface area contributed by atoms with Crippen molar-refractivity contribution in [2.24, 2.45) is 0 Å². The Labute approximate surface area is 153 Å². The molecule has 0 saturated heterocycles. The highest BCUT2D eigenvalue weighted by Gasteiger charge is 2.14. The van der Waals surface area contributed by atoms with Gasteiger partial charge >= 0.3 is 5.97 Å². The lowest BCUT2D eigenvalue weighted by Crippen LogP contribution is -2.22. The highest BCUT2D eigenvalue weighted by molar-refractivity contribution is 7.90. The second-order valence-electron chi connectivity index (χ2n) is 6.19. The second kappa shape index (κ2) is 7.70. The number of rotatable bonds is 5. The van der Waals surface area contributed by atoms with Gasteiger partial charge in [0.05, 0.1) is 10.5 Å². The maximum Gasteiger partial charge on any atom is 0.338 e. The highest BCUT2D eigenvalue weighted by atomic mass is 32.2. The number of benzene rings is 2. The largest absolute Gasteiger partial charge is 0.452 e. The number of carbonyl (C=O) groups is 2. The van der Waals surface area contributed by atoms with Crippen LogP contribution in [0.15, 0.2) is 41.3 Å². The first-order chi connectivity index (χ1) is 12.1. The zero-order valence-corrected chi connectivity index (χ0v) is 15.9. The monoisotopic (exact) mass is 375 g/mol. The zero-order chi connectivity index (χ0) is 19.5. The van der Waals surface area contributed by atoms with Gasteiger partial charge < -0.3 is 10.1 Å². The van der Waals surface area contributed by atoms with Crippen molar-refractivity contribution in [3.05, 3.63) is 58.7 Å². The van der Waals surface area contributed by atoms with Crippen molar-refractivity contribution in [1.82, 2.24) is 0 Å². The van der Waals surface area contributed by atoms with Gasteiger partial charge in [0.25, 0.3) is 5.91 Å². The van der Waals surface area contributed by atoms with Crippen LogP contribution in [0.4, 0.5) is 5.69 Å². The second-order valence-corrected chi connectivity index (χ2v) is 8.21. The van der Waals surface area contributed by atoms with Crippen LogP contribution < -0.4 is 5.32 Å². The summed E-state index contributed by atoms with van der Waals surface area (Å²) in [5.41, 5.74) is 3.83. The molecular weight excluding hydrogens is 354 g/mol. The van der Waals surface area contributed by atoms with Crippen molar-refractivity contribution in [3.63, 3.8) is 0 Å².